The number of nitrogens with zero attached hydrogens (tertiary/aromatic N) is 4. The first-order valence-electron chi connectivity index (χ1n) is 15.0. The molecule has 0 N–H and O–H groups in total. The lowest BCUT2D eigenvalue weighted by Gasteiger charge is -2.12. The highest BCUT2D eigenvalue weighted by molar-refractivity contribution is 6.09. The van der Waals surface area contributed by atoms with Gasteiger partial charge in [0.15, 0.2) is 0 Å². The molecule has 3 aromatic heterocycles. The van der Waals surface area contributed by atoms with Crippen molar-refractivity contribution in [2.75, 3.05) is 0 Å². The molecule has 0 radical (unpaired) electrons. The van der Waals surface area contributed by atoms with Crippen molar-refractivity contribution in [3.05, 3.63) is 132 Å². The Balaban J connectivity index is 1.31. The largest absolute Gasteiger partial charge is 0.457 e. The summed E-state index contributed by atoms with van der Waals surface area (Å²) in [6.45, 7) is 8.59. The third kappa shape index (κ3) is 4.77. The van der Waals surface area contributed by atoms with Gasteiger partial charge in [-0.05, 0) is 86.3 Å². The Morgan fingerprint density at radius 1 is 0.674 bits per heavy atom. The van der Waals surface area contributed by atoms with E-state index in [0.29, 0.717) is 0 Å². The van der Waals surface area contributed by atoms with Gasteiger partial charge in [-0.3, -0.25) is 4.57 Å². The Hall–Kier alpha value is -5.16. The fourth-order valence-corrected chi connectivity index (χ4v) is 6.11. The molecule has 0 aliphatic carbocycles. The number of rotatable bonds is 7. The SMILES string of the molecule is CCc1nn(-c2cccc(Oc3ccc4c5cc(C)ccc5n(-c5cc(C)ccn5)c4c3)c2)c(CC)c1-c1ccccc1. The first kappa shape index (κ1) is 26.7. The van der Waals surface area contributed by atoms with Crippen LogP contribution in [0.1, 0.15) is 36.4 Å². The van der Waals surface area contributed by atoms with Crippen molar-refractivity contribution in [3.63, 3.8) is 0 Å². The summed E-state index contributed by atoms with van der Waals surface area (Å²) in [5.41, 5.74) is 10.3. The molecule has 0 amide bonds. The number of benzene rings is 4. The molecule has 0 fully saturated rings. The van der Waals surface area contributed by atoms with Crippen molar-refractivity contribution < 1.29 is 4.74 Å². The molecule has 5 heteroatoms. The third-order valence-electron chi connectivity index (χ3n) is 8.11. The lowest BCUT2D eigenvalue weighted by molar-refractivity contribution is 0.482. The van der Waals surface area contributed by atoms with Gasteiger partial charge in [0, 0.05) is 34.7 Å². The van der Waals surface area contributed by atoms with Gasteiger partial charge in [-0.1, -0.05) is 61.9 Å². The highest BCUT2D eigenvalue weighted by atomic mass is 16.5. The number of fused-ring (bicyclic) bond motifs is 3. The summed E-state index contributed by atoms with van der Waals surface area (Å²) >= 11 is 0. The maximum absolute atomic E-state index is 6.53. The summed E-state index contributed by atoms with van der Waals surface area (Å²) in [5, 5.41) is 7.45. The van der Waals surface area contributed by atoms with E-state index in [-0.39, 0.29) is 0 Å². The van der Waals surface area contributed by atoms with Crippen molar-refractivity contribution in [2.24, 2.45) is 0 Å². The van der Waals surface area contributed by atoms with Gasteiger partial charge in [0.2, 0.25) is 0 Å². The highest BCUT2D eigenvalue weighted by Crippen LogP contribution is 2.36. The molecule has 0 aliphatic heterocycles. The lowest BCUT2D eigenvalue weighted by atomic mass is 10.0. The van der Waals surface area contributed by atoms with Crippen molar-refractivity contribution in [3.8, 4) is 34.1 Å². The van der Waals surface area contributed by atoms with E-state index in [1.165, 1.54) is 38.7 Å². The topological polar surface area (TPSA) is 44.9 Å². The maximum atomic E-state index is 6.53. The van der Waals surface area contributed by atoms with Crippen molar-refractivity contribution in [1.29, 1.82) is 0 Å². The number of aromatic nitrogens is 4. The van der Waals surface area contributed by atoms with Gasteiger partial charge in [-0.25, -0.2) is 9.67 Å². The second-order valence-corrected chi connectivity index (χ2v) is 11.1. The number of aryl methyl sites for hydroxylation is 3. The van der Waals surface area contributed by atoms with Gasteiger partial charge in [0.05, 0.1) is 28.1 Å². The summed E-state index contributed by atoms with van der Waals surface area (Å²) in [7, 11) is 0. The molecule has 0 atom stereocenters. The predicted octanol–water partition coefficient (Wildman–Crippen LogP) is 9.57. The second kappa shape index (κ2) is 10.9. The van der Waals surface area contributed by atoms with Crippen LogP contribution in [0.15, 0.2) is 109 Å². The number of hydrogen-bond acceptors (Lipinski definition) is 3. The van der Waals surface area contributed by atoms with Crippen LogP contribution in [-0.4, -0.2) is 19.3 Å². The zero-order chi connectivity index (χ0) is 29.5. The van der Waals surface area contributed by atoms with Gasteiger partial charge in [-0.2, -0.15) is 5.10 Å². The van der Waals surface area contributed by atoms with Crippen molar-refractivity contribution in [2.45, 2.75) is 40.5 Å². The molecule has 0 bridgehead atoms. The van der Waals surface area contributed by atoms with Gasteiger partial charge >= 0.3 is 0 Å². The van der Waals surface area contributed by atoms with E-state index in [0.717, 1.165) is 52.6 Å². The number of hydrogen-bond donors (Lipinski definition) is 0. The summed E-state index contributed by atoms with van der Waals surface area (Å²) in [6, 6.07) is 35.9. The Morgan fingerprint density at radius 3 is 2.28 bits per heavy atom. The molecule has 212 valence electrons. The summed E-state index contributed by atoms with van der Waals surface area (Å²) in [5.74, 6) is 2.43. The smallest absolute Gasteiger partial charge is 0.137 e. The molecular weight excluding hydrogens is 528 g/mol. The third-order valence-corrected chi connectivity index (χ3v) is 8.11. The van der Waals surface area contributed by atoms with Crippen molar-refractivity contribution in [1.82, 2.24) is 19.3 Å². The van der Waals surface area contributed by atoms with Gasteiger partial charge in [0.1, 0.15) is 17.3 Å². The molecule has 3 heterocycles. The first-order chi connectivity index (χ1) is 21.0. The van der Waals surface area contributed by atoms with Crippen LogP contribution in [0.4, 0.5) is 0 Å². The Labute approximate surface area is 252 Å². The molecule has 0 aliphatic rings. The summed E-state index contributed by atoms with van der Waals surface area (Å²) in [4.78, 5) is 4.73. The summed E-state index contributed by atoms with van der Waals surface area (Å²) < 4.78 is 10.8. The van der Waals surface area contributed by atoms with E-state index in [1.807, 2.05) is 24.4 Å². The molecule has 0 spiro atoms. The fourth-order valence-electron chi connectivity index (χ4n) is 6.11. The van der Waals surface area contributed by atoms with Crippen molar-refractivity contribution >= 4 is 21.8 Å². The second-order valence-electron chi connectivity index (χ2n) is 11.1. The Morgan fingerprint density at radius 2 is 1.49 bits per heavy atom. The molecule has 5 nitrogen and oxygen atoms in total. The van der Waals surface area contributed by atoms with Crippen LogP contribution in [0.5, 0.6) is 11.5 Å². The number of ether oxygens (including phenoxy) is 1. The van der Waals surface area contributed by atoms with Crippen LogP contribution in [-0.2, 0) is 12.8 Å². The average molecular weight is 563 g/mol. The highest BCUT2D eigenvalue weighted by Gasteiger charge is 2.19. The monoisotopic (exact) mass is 562 g/mol. The predicted molar refractivity (Wildman–Crippen MR) is 176 cm³/mol. The molecule has 0 saturated heterocycles. The van der Waals surface area contributed by atoms with Gasteiger partial charge in [0.25, 0.3) is 0 Å². The minimum atomic E-state index is 0.765. The maximum Gasteiger partial charge on any atom is 0.137 e. The van der Waals surface area contributed by atoms with Crippen LogP contribution in [0.25, 0.3) is 44.4 Å². The standard InChI is InChI=1S/C38H34N4O/c1-5-33-38(27-11-8-7-9-12-27)34(6-2)42(40-33)28-13-10-14-29(23-28)43-30-16-17-31-32-21-25(3)15-18-35(32)41(36(31)24-30)37-22-26(4)19-20-39-37/h7-24H,5-6H2,1-4H3. The van der Waals surface area contributed by atoms with Gasteiger partial charge in [-0.15, -0.1) is 0 Å². The first-order valence-corrected chi connectivity index (χ1v) is 15.0. The van der Waals surface area contributed by atoms with E-state index in [1.54, 1.807) is 0 Å². The van der Waals surface area contributed by atoms with E-state index in [2.05, 4.69) is 122 Å². The van der Waals surface area contributed by atoms with Crippen LogP contribution in [0, 0.1) is 13.8 Å². The molecular formula is C38H34N4O. The molecule has 7 aromatic rings. The number of pyridine rings is 1. The Kier molecular flexibility index (Phi) is 6.78. The summed E-state index contributed by atoms with van der Waals surface area (Å²) in [6.07, 6.45) is 3.61. The van der Waals surface area contributed by atoms with Crippen LogP contribution >= 0.6 is 0 Å². The van der Waals surface area contributed by atoms with E-state index >= 15 is 0 Å². The molecule has 43 heavy (non-hydrogen) atoms. The molecule has 0 saturated carbocycles. The fraction of sp³-hybridized carbons (Fsp3) is 0.158. The van der Waals surface area contributed by atoms with Crippen LogP contribution in [0.3, 0.4) is 0 Å². The normalized spacial score (nSPS) is 11.4. The van der Waals surface area contributed by atoms with Crippen LogP contribution < -0.4 is 4.74 Å². The molecule has 4 aromatic carbocycles. The van der Waals surface area contributed by atoms with E-state index in [4.69, 9.17) is 14.8 Å². The van der Waals surface area contributed by atoms with E-state index in [9.17, 15) is 0 Å². The molecule has 7 rings (SSSR count). The van der Waals surface area contributed by atoms with E-state index < -0.39 is 0 Å². The van der Waals surface area contributed by atoms with Crippen LogP contribution in [0.2, 0.25) is 0 Å². The van der Waals surface area contributed by atoms with Gasteiger partial charge < -0.3 is 4.74 Å². The molecule has 0 unspecified atom stereocenters. The Bertz CT molecular complexity index is 2100. The zero-order valence-electron chi connectivity index (χ0n) is 25.0. The minimum absolute atomic E-state index is 0.765. The quantitative estimate of drug-likeness (QED) is 0.194. The minimum Gasteiger partial charge on any atom is -0.457 e. The average Bonchev–Trinajstić information content (AvgIpc) is 3.56. The zero-order valence-corrected chi connectivity index (χ0v) is 25.0. The lowest BCUT2D eigenvalue weighted by Crippen LogP contribution is -2.02.